The van der Waals surface area contributed by atoms with Crippen LogP contribution in [0.1, 0.15) is 40.5 Å². The first-order valence-corrected chi connectivity index (χ1v) is 9.87. The predicted octanol–water partition coefficient (Wildman–Crippen LogP) is 1.41. The molecule has 128 valence electrons. The SMILES string of the molecule is CC(C)O[C@@H]1C[C@H](NC(=O)N2CC[C@@H](S(C)(=O)=O)C2)C1(C)C. The van der Waals surface area contributed by atoms with Gasteiger partial charge in [-0.3, -0.25) is 0 Å². The number of hydrogen-bond donors (Lipinski definition) is 1. The molecule has 2 amide bonds. The molecule has 6 nitrogen and oxygen atoms in total. The Kier molecular flexibility index (Phi) is 4.78. The minimum absolute atomic E-state index is 0.0704. The number of sulfone groups is 1. The number of nitrogens with zero attached hydrogens (tertiary/aromatic N) is 1. The molecule has 1 aliphatic carbocycles. The van der Waals surface area contributed by atoms with E-state index in [2.05, 4.69) is 19.2 Å². The number of ether oxygens (including phenoxy) is 1. The van der Waals surface area contributed by atoms with Crippen LogP contribution in [-0.4, -0.2) is 62.2 Å². The van der Waals surface area contributed by atoms with Gasteiger partial charge in [0.1, 0.15) is 0 Å². The zero-order valence-corrected chi connectivity index (χ0v) is 14.9. The second-order valence-corrected chi connectivity index (χ2v) is 9.74. The number of urea groups is 1. The smallest absolute Gasteiger partial charge is 0.317 e. The minimum Gasteiger partial charge on any atom is -0.375 e. The lowest BCUT2D eigenvalue weighted by Gasteiger charge is -2.52. The Balaban J connectivity index is 1.87. The number of amides is 2. The van der Waals surface area contributed by atoms with Crippen molar-refractivity contribution in [1.29, 1.82) is 0 Å². The summed E-state index contributed by atoms with van der Waals surface area (Å²) in [6.07, 6.45) is 2.90. The molecule has 7 heteroatoms. The fourth-order valence-corrected chi connectivity index (χ4v) is 4.18. The standard InChI is InChI=1S/C15H28N2O4S/c1-10(2)21-13-8-12(15(13,3)4)16-14(18)17-7-6-11(9-17)22(5,19)20/h10-13H,6-9H2,1-5H3,(H,16,18)/t11-,12+,13-/m1/s1. The summed E-state index contributed by atoms with van der Waals surface area (Å²) in [7, 11) is -3.08. The van der Waals surface area contributed by atoms with E-state index in [-0.39, 0.29) is 29.7 Å². The summed E-state index contributed by atoms with van der Waals surface area (Å²) in [5, 5.41) is 2.61. The number of nitrogens with one attached hydrogen (secondary N) is 1. The van der Waals surface area contributed by atoms with Crippen LogP contribution in [0.25, 0.3) is 0 Å². The Morgan fingerprint density at radius 3 is 2.45 bits per heavy atom. The van der Waals surface area contributed by atoms with E-state index in [9.17, 15) is 13.2 Å². The Morgan fingerprint density at radius 2 is 2.00 bits per heavy atom. The largest absolute Gasteiger partial charge is 0.375 e. The molecule has 1 aliphatic heterocycles. The Hall–Kier alpha value is -0.820. The van der Waals surface area contributed by atoms with Gasteiger partial charge in [0.05, 0.1) is 17.5 Å². The molecule has 1 saturated heterocycles. The Labute approximate surface area is 133 Å². The monoisotopic (exact) mass is 332 g/mol. The molecule has 2 aliphatic rings. The van der Waals surface area contributed by atoms with Crippen LogP contribution in [0.15, 0.2) is 0 Å². The molecule has 3 atom stereocenters. The number of rotatable bonds is 4. The van der Waals surface area contributed by atoms with Gasteiger partial charge in [0.2, 0.25) is 0 Å². The molecule has 2 fully saturated rings. The van der Waals surface area contributed by atoms with E-state index in [1.54, 1.807) is 4.90 Å². The molecule has 1 N–H and O–H groups in total. The van der Waals surface area contributed by atoms with Crippen LogP contribution >= 0.6 is 0 Å². The second kappa shape index (κ2) is 6.00. The summed E-state index contributed by atoms with van der Waals surface area (Å²) in [6.45, 7) is 9.01. The summed E-state index contributed by atoms with van der Waals surface area (Å²) in [4.78, 5) is 13.9. The average Bonchev–Trinajstić information content (AvgIpc) is 2.86. The van der Waals surface area contributed by atoms with Crippen LogP contribution in [0.4, 0.5) is 4.79 Å². The van der Waals surface area contributed by atoms with E-state index in [0.717, 1.165) is 6.42 Å². The van der Waals surface area contributed by atoms with Gasteiger partial charge >= 0.3 is 6.03 Å². The van der Waals surface area contributed by atoms with Gasteiger partial charge in [0, 0.05) is 30.8 Å². The fraction of sp³-hybridized carbons (Fsp3) is 0.933. The van der Waals surface area contributed by atoms with Crippen molar-refractivity contribution in [3.63, 3.8) is 0 Å². The lowest BCUT2D eigenvalue weighted by Crippen LogP contribution is -2.63. The maximum atomic E-state index is 12.3. The van der Waals surface area contributed by atoms with Gasteiger partial charge in [-0.1, -0.05) is 13.8 Å². The summed E-state index contributed by atoms with van der Waals surface area (Å²) >= 11 is 0. The van der Waals surface area contributed by atoms with Gasteiger partial charge in [-0.2, -0.15) is 0 Å². The molecular formula is C15H28N2O4S. The van der Waals surface area contributed by atoms with Crippen LogP contribution in [0, 0.1) is 5.41 Å². The van der Waals surface area contributed by atoms with Gasteiger partial charge in [-0.05, 0) is 26.7 Å². The fourth-order valence-electron chi connectivity index (χ4n) is 3.19. The third-order valence-corrected chi connectivity index (χ3v) is 6.55. The van der Waals surface area contributed by atoms with E-state index >= 15 is 0 Å². The maximum absolute atomic E-state index is 12.3. The predicted molar refractivity (Wildman–Crippen MR) is 85.5 cm³/mol. The van der Waals surface area contributed by atoms with Crippen LogP contribution in [-0.2, 0) is 14.6 Å². The Bertz CT molecular complexity index is 530. The highest BCUT2D eigenvalue weighted by Crippen LogP contribution is 2.43. The molecule has 0 unspecified atom stereocenters. The van der Waals surface area contributed by atoms with Crippen molar-refractivity contribution in [3.8, 4) is 0 Å². The number of hydrogen-bond acceptors (Lipinski definition) is 4. The molecule has 0 aromatic rings. The number of carbonyl (C=O) groups is 1. The molecule has 2 rings (SSSR count). The normalized spacial score (nSPS) is 31.2. The first-order valence-electron chi connectivity index (χ1n) is 7.91. The molecule has 0 bridgehead atoms. The van der Waals surface area contributed by atoms with Crippen molar-refractivity contribution >= 4 is 15.9 Å². The third-order valence-electron chi connectivity index (χ3n) is 4.95. The third kappa shape index (κ3) is 3.56. The van der Waals surface area contributed by atoms with Crippen molar-refractivity contribution in [2.24, 2.45) is 5.41 Å². The van der Waals surface area contributed by atoms with E-state index in [0.29, 0.717) is 19.5 Å². The van der Waals surface area contributed by atoms with Crippen molar-refractivity contribution < 1.29 is 17.9 Å². The number of carbonyl (C=O) groups excluding carboxylic acids is 1. The quantitative estimate of drug-likeness (QED) is 0.844. The Morgan fingerprint density at radius 1 is 1.36 bits per heavy atom. The molecular weight excluding hydrogens is 304 g/mol. The highest BCUT2D eigenvalue weighted by molar-refractivity contribution is 7.91. The molecule has 22 heavy (non-hydrogen) atoms. The van der Waals surface area contributed by atoms with Crippen molar-refractivity contribution in [2.75, 3.05) is 19.3 Å². The zero-order chi connectivity index (χ0) is 16.7. The molecule has 0 radical (unpaired) electrons. The van der Waals surface area contributed by atoms with Gasteiger partial charge in [-0.15, -0.1) is 0 Å². The van der Waals surface area contributed by atoms with E-state index < -0.39 is 15.1 Å². The van der Waals surface area contributed by atoms with Gasteiger partial charge < -0.3 is 15.0 Å². The van der Waals surface area contributed by atoms with Crippen LogP contribution in [0.2, 0.25) is 0 Å². The summed E-state index contributed by atoms with van der Waals surface area (Å²) < 4.78 is 29.0. The highest BCUT2D eigenvalue weighted by atomic mass is 32.2. The molecule has 0 aromatic carbocycles. The summed E-state index contributed by atoms with van der Waals surface area (Å²) in [5.41, 5.74) is -0.101. The summed E-state index contributed by atoms with van der Waals surface area (Å²) in [6, 6.07) is -0.0896. The van der Waals surface area contributed by atoms with Crippen LogP contribution < -0.4 is 5.32 Å². The van der Waals surface area contributed by atoms with Crippen molar-refractivity contribution in [1.82, 2.24) is 10.2 Å². The maximum Gasteiger partial charge on any atom is 0.317 e. The first kappa shape index (κ1) is 17.5. The van der Waals surface area contributed by atoms with E-state index in [4.69, 9.17) is 4.74 Å². The summed E-state index contributed by atoms with van der Waals surface area (Å²) in [5.74, 6) is 0. The molecule has 1 saturated carbocycles. The average molecular weight is 332 g/mol. The number of likely N-dealkylation sites (tertiary alicyclic amines) is 1. The highest BCUT2D eigenvalue weighted by Gasteiger charge is 2.50. The zero-order valence-electron chi connectivity index (χ0n) is 14.1. The van der Waals surface area contributed by atoms with Crippen molar-refractivity contribution in [2.45, 2.75) is 64.0 Å². The minimum atomic E-state index is -3.08. The first-order chi connectivity index (χ1) is 10.0. The second-order valence-electron chi connectivity index (χ2n) is 7.42. The lowest BCUT2D eigenvalue weighted by molar-refractivity contribution is -0.136. The molecule has 0 aromatic heterocycles. The van der Waals surface area contributed by atoms with Gasteiger partial charge in [0.15, 0.2) is 9.84 Å². The van der Waals surface area contributed by atoms with Crippen LogP contribution in [0.5, 0.6) is 0 Å². The van der Waals surface area contributed by atoms with Crippen molar-refractivity contribution in [3.05, 3.63) is 0 Å². The van der Waals surface area contributed by atoms with Crippen LogP contribution in [0.3, 0.4) is 0 Å². The van der Waals surface area contributed by atoms with Gasteiger partial charge in [0.25, 0.3) is 0 Å². The molecule has 0 spiro atoms. The van der Waals surface area contributed by atoms with Gasteiger partial charge in [-0.25, -0.2) is 13.2 Å². The van der Waals surface area contributed by atoms with E-state index in [1.807, 2.05) is 13.8 Å². The molecule has 1 heterocycles. The lowest BCUT2D eigenvalue weighted by atomic mass is 9.64. The topological polar surface area (TPSA) is 75.7 Å². The van der Waals surface area contributed by atoms with E-state index in [1.165, 1.54) is 6.26 Å².